The fourth-order valence-corrected chi connectivity index (χ4v) is 4.20. The first-order valence-corrected chi connectivity index (χ1v) is 10.0. The number of benzene rings is 1. The molecule has 0 fully saturated rings. The van der Waals surface area contributed by atoms with Crippen molar-refractivity contribution in [1.82, 2.24) is 0 Å². The highest BCUT2D eigenvalue weighted by atomic mass is 16.5. The quantitative estimate of drug-likeness (QED) is 0.598. The molecule has 2 aliphatic rings. The summed E-state index contributed by atoms with van der Waals surface area (Å²) in [5.74, 6) is -1.18. The Kier molecular flexibility index (Phi) is 5.73. The number of allylic oxidation sites excluding steroid dienone is 2. The van der Waals surface area contributed by atoms with E-state index in [-0.39, 0.29) is 22.9 Å². The van der Waals surface area contributed by atoms with E-state index in [4.69, 9.17) is 9.73 Å². The molecule has 1 unspecified atom stereocenters. The van der Waals surface area contributed by atoms with Crippen LogP contribution in [0.3, 0.4) is 0 Å². The monoisotopic (exact) mass is 383 g/mol. The number of phenols is 1. The molecule has 0 bridgehead atoms. The van der Waals surface area contributed by atoms with Crippen LogP contribution in [0.15, 0.2) is 40.5 Å². The number of ketones is 1. The van der Waals surface area contributed by atoms with Gasteiger partial charge < -0.3 is 9.84 Å². The molecule has 1 aromatic rings. The van der Waals surface area contributed by atoms with Crippen LogP contribution in [0, 0.1) is 11.3 Å². The van der Waals surface area contributed by atoms with Gasteiger partial charge in [0.15, 0.2) is 5.78 Å². The minimum Gasteiger partial charge on any atom is -0.508 e. The van der Waals surface area contributed by atoms with Crippen molar-refractivity contribution in [3.05, 3.63) is 41.1 Å². The van der Waals surface area contributed by atoms with Gasteiger partial charge in [-0.05, 0) is 42.9 Å². The lowest BCUT2D eigenvalue weighted by atomic mass is 9.67. The van der Waals surface area contributed by atoms with Crippen molar-refractivity contribution >= 4 is 17.5 Å². The van der Waals surface area contributed by atoms with Gasteiger partial charge in [0.25, 0.3) is 0 Å². The highest BCUT2D eigenvalue weighted by Gasteiger charge is 2.45. The lowest BCUT2D eigenvalue weighted by Crippen LogP contribution is -2.39. The Balaban J connectivity index is 2.06. The molecule has 0 radical (unpaired) electrons. The molecule has 0 saturated heterocycles. The number of hydrogen-bond donors (Lipinski definition) is 1. The molecule has 5 heteroatoms. The molecule has 1 aliphatic carbocycles. The summed E-state index contributed by atoms with van der Waals surface area (Å²) in [6.45, 7) is 8.39. The maximum atomic E-state index is 13.1. The fraction of sp³-hybridized carbons (Fsp3) is 0.522. The summed E-state index contributed by atoms with van der Waals surface area (Å²) >= 11 is 0. The zero-order valence-electron chi connectivity index (χ0n) is 17.1. The van der Waals surface area contributed by atoms with Crippen LogP contribution in [0.4, 0.5) is 0 Å². The van der Waals surface area contributed by atoms with E-state index in [2.05, 4.69) is 13.8 Å². The Morgan fingerprint density at radius 2 is 1.93 bits per heavy atom. The van der Waals surface area contributed by atoms with Crippen LogP contribution in [-0.4, -0.2) is 29.2 Å². The van der Waals surface area contributed by atoms with Gasteiger partial charge in [0, 0.05) is 29.3 Å². The maximum Gasteiger partial charge on any atom is 0.315 e. The van der Waals surface area contributed by atoms with E-state index >= 15 is 0 Å². The van der Waals surface area contributed by atoms with E-state index in [1.54, 1.807) is 24.3 Å². The van der Waals surface area contributed by atoms with Crippen LogP contribution >= 0.6 is 0 Å². The topological polar surface area (TPSA) is 76.0 Å². The number of nitrogens with zero attached hydrogens (tertiary/aromatic N) is 1. The maximum absolute atomic E-state index is 13.1. The first kappa shape index (κ1) is 20.3. The summed E-state index contributed by atoms with van der Waals surface area (Å²) < 4.78 is 5.52. The Bertz CT molecular complexity index is 833. The number of hydrogen-bond acceptors (Lipinski definition) is 5. The molecule has 1 aliphatic heterocycles. The van der Waals surface area contributed by atoms with Gasteiger partial charge in [0.1, 0.15) is 11.7 Å². The number of unbranched alkanes of at least 4 members (excludes halogenated alkanes) is 1. The zero-order valence-corrected chi connectivity index (χ0v) is 17.1. The predicted molar refractivity (Wildman–Crippen MR) is 108 cm³/mol. The number of esters is 1. The van der Waals surface area contributed by atoms with E-state index in [1.165, 1.54) is 0 Å². The van der Waals surface area contributed by atoms with E-state index in [0.717, 1.165) is 24.1 Å². The molecule has 5 nitrogen and oxygen atoms in total. The predicted octanol–water partition coefficient (Wildman–Crippen LogP) is 4.55. The van der Waals surface area contributed by atoms with Crippen molar-refractivity contribution in [2.75, 3.05) is 6.61 Å². The van der Waals surface area contributed by atoms with Gasteiger partial charge in [0.2, 0.25) is 0 Å². The Labute approximate surface area is 166 Å². The number of aromatic hydroxyl groups is 1. The molecule has 1 heterocycles. The van der Waals surface area contributed by atoms with Gasteiger partial charge in [-0.25, -0.2) is 0 Å². The van der Waals surface area contributed by atoms with Gasteiger partial charge in [-0.2, -0.15) is 0 Å². The van der Waals surface area contributed by atoms with Crippen molar-refractivity contribution in [2.24, 2.45) is 16.3 Å². The molecule has 2 atom stereocenters. The Morgan fingerprint density at radius 1 is 1.25 bits per heavy atom. The highest BCUT2D eigenvalue weighted by molar-refractivity contribution is 6.09. The second-order valence-electron chi connectivity index (χ2n) is 8.62. The van der Waals surface area contributed by atoms with Crippen LogP contribution in [0.1, 0.15) is 64.9 Å². The third-order valence-corrected chi connectivity index (χ3v) is 5.55. The van der Waals surface area contributed by atoms with Crippen molar-refractivity contribution in [1.29, 1.82) is 0 Å². The van der Waals surface area contributed by atoms with Gasteiger partial charge in [-0.3, -0.25) is 14.6 Å². The van der Waals surface area contributed by atoms with Crippen LogP contribution in [0.2, 0.25) is 0 Å². The number of aliphatic imine (C=N–C) groups is 1. The van der Waals surface area contributed by atoms with E-state index in [9.17, 15) is 14.7 Å². The summed E-state index contributed by atoms with van der Waals surface area (Å²) in [4.78, 5) is 30.8. The smallest absolute Gasteiger partial charge is 0.315 e. The Hall–Kier alpha value is -2.43. The molecule has 1 aromatic carbocycles. The Morgan fingerprint density at radius 3 is 2.57 bits per heavy atom. The van der Waals surface area contributed by atoms with Gasteiger partial charge in [-0.15, -0.1) is 0 Å². The molecule has 0 amide bonds. The molecular formula is C23H29NO4. The zero-order chi connectivity index (χ0) is 20.5. The van der Waals surface area contributed by atoms with E-state index < -0.39 is 11.8 Å². The third-order valence-electron chi connectivity index (χ3n) is 5.55. The van der Waals surface area contributed by atoms with Gasteiger partial charge >= 0.3 is 5.97 Å². The van der Waals surface area contributed by atoms with Gasteiger partial charge in [-0.1, -0.05) is 39.3 Å². The molecule has 0 saturated carbocycles. The fourth-order valence-electron chi connectivity index (χ4n) is 4.20. The third kappa shape index (κ3) is 4.03. The number of carbonyl (C=O) groups excluding carboxylic acids is 2. The summed E-state index contributed by atoms with van der Waals surface area (Å²) in [6, 6.07) is 6.74. The minimum atomic E-state index is -0.620. The highest BCUT2D eigenvalue weighted by Crippen LogP contribution is 2.48. The molecule has 3 rings (SSSR count). The summed E-state index contributed by atoms with van der Waals surface area (Å²) in [5.41, 5.74) is 2.78. The SMILES string of the molecule is CCCCOC(=O)C1C(C)=NC2=C(C(=O)CC(C)(C)C2)[C@@H]1c1ccc(O)cc1. The van der Waals surface area contributed by atoms with Crippen LogP contribution < -0.4 is 0 Å². The summed E-state index contributed by atoms with van der Waals surface area (Å²) in [5, 5.41) is 9.68. The molecule has 0 aromatic heterocycles. The second kappa shape index (κ2) is 7.90. The second-order valence-corrected chi connectivity index (χ2v) is 8.62. The van der Waals surface area contributed by atoms with Crippen LogP contribution in [0.5, 0.6) is 5.75 Å². The summed E-state index contributed by atoms with van der Waals surface area (Å²) in [6.07, 6.45) is 2.89. The first-order chi connectivity index (χ1) is 13.2. The number of ether oxygens (including phenoxy) is 1. The molecule has 1 N–H and O–H groups in total. The number of phenolic OH excluding ortho intramolecular Hbond substituents is 1. The largest absolute Gasteiger partial charge is 0.508 e. The molecule has 150 valence electrons. The average Bonchev–Trinajstić information content (AvgIpc) is 2.60. The number of Topliss-reactive ketones (excluding diaryl/α,β-unsaturated/α-hetero) is 1. The molecule has 0 spiro atoms. The molecule has 28 heavy (non-hydrogen) atoms. The minimum absolute atomic E-state index is 0.0481. The van der Waals surface area contributed by atoms with Crippen molar-refractivity contribution in [3.8, 4) is 5.75 Å². The summed E-state index contributed by atoms with van der Waals surface area (Å²) in [7, 11) is 0. The van der Waals surface area contributed by atoms with Crippen molar-refractivity contribution in [3.63, 3.8) is 0 Å². The van der Waals surface area contributed by atoms with Crippen molar-refractivity contribution in [2.45, 2.75) is 59.3 Å². The lowest BCUT2D eigenvalue weighted by Gasteiger charge is -2.39. The number of carbonyl (C=O) groups is 2. The average molecular weight is 383 g/mol. The number of rotatable bonds is 5. The lowest BCUT2D eigenvalue weighted by molar-refractivity contribution is -0.146. The van der Waals surface area contributed by atoms with E-state index in [0.29, 0.717) is 30.7 Å². The first-order valence-electron chi connectivity index (χ1n) is 10.0. The van der Waals surface area contributed by atoms with E-state index in [1.807, 2.05) is 13.8 Å². The van der Waals surface area contributed by atoms with Crippen molar-refractivity contribution < 1.29 is 19.4 Å². The normalized spacial score (nSPS) is 23.9. The van der Waals surface area contributed by atoms with Crippen LogP contribution in [-0.2, 0) is 14.3 Å². The standard InChI is InChI=1S/C23H29NO4/c1-5-6-11-28-22(27)19-14(2)24-17-12-23(3,4)13-18(26)21(17)20(19)15-7-9-16(25)10-8-15/h7-10,19-20,25H,5-6,11-13H2,1-4H3/t19?,20-/m1/s1. The van der Waals surface area contributed by atoms with Crippen LogP contribution in [0.25, 0.3) is 0 Å². The molecular weight excluding hydrogens is 354 g/mol. The van der Waals surface area contributed by atoms with Gasteiger partial charge in [0.05, 0.1) is 6.61 Å².